The molecule has 1 heterocycles. The number of hydrogen-bond donors (Lipinski definition) is 2. The van der Waals surface area contributed by atoms with E-state index in [0.717, 1.165) is 44.8 Å². The number of urea groups is 1. The number of amides is 2. The van der Waals surface area contributed by atoms with Crippen LogP contribution < -0.4 is 10.6 Å². The Morgan fingerprint density at radius 3 is 2.76 bits per heavy atom. The van der Waals surface area contributed by atoms with Gasteiger partial charge in [-0.25, -0.2) is 4.79 Å². The number of morpholine rings is 1. The van der Waals surface area contributed by atoms with Gasteiger partial charge in [0.2, 0.25) is 0 Å². The Labute approximate surface area is 130 Å². The fourth-order valence-electron chi connectivity index (χ4n) is 2.21. The van der Waals surface area contributed by atoms with Gasteiger partial charge in [0.15, 0.2) is 0 Å². The molecule has 2 amide bonds. The van der Waals surface area contributed by atoms with Crippen LogP contribution in [0.5, 0.6) is 0 Å². The number of carbonyl (C=O) groups is 1. The molecule has 116 valence electrons. The molecular weight excluding hydrogens is 290 g/mol. The van der Waals surface area contributed by atoms with Crippen molar-refractivity contribution in [2.24, 2.45) is 0 Å². The van der Waals surface area contributed by atoms with Gasteiger partial charge in [0.1, 0.15) is 0 Å². The van der Waals surface area contributed by atoms with E-state index in [1.807, 2.05) is 24.3 Å². The van der Waals surface area contributed by atoms with E-state index >= 15 is 0 Å². The second-order valence-electron chi connectivity index (χ2n) is 5.01. The molecule has 1 aromatic rings. The molecule has 0 saturated carbocycles. The second kappa shape index (κ2) is 8.87. The maximum Gasteiger partial charge on any atom is 0.315 e. The lowest BCUT2D eigenvalue weighted by molar-refractivity contribution is 0.0375. The predicted molar refractivity (Wildman–Crippen MR) is 83.6 cm³/mol. The van der Waals surface area contributed by atoms with Crippen molar-refractivity contribution in [2.45, 2.75) is 13.0 Å². The number of rotatable bonds is 6. The van der Waals surface area contributed by atoms with Crippen LogP contribution in [0, 0.1) is 0 Å². The third-order valence-corrected chi connectivity index (χ3v) is 3.81. The van der Waals surface area contributed by atoms with Crippen LogP contribution in [0.25, 0.3) is 0 Å². The van der Waals surface area contributed by atoms with E-state index in [-0.39, 0.29) is 6.03 Å². The lowest BCUT2D eigenvalue weighted by atomic mass is 10.2. The van der Waals surface area contributed by atoms with Crippen LogP contribution in [0.1, 0.15) is 12.0 Å². The Hall–Kier alpha value is -1.30. The molecule has 1 saturated heterocycles. The van der Waals surface area contributed by atoms with Crippen molar-refractivity contribution in [1.82, 2.24) is 15.5 Å². The Morgan fingerprint density at radius 2 is 2.00 bits per heavy atom. The summed E-state index contributed by atoms with van der Waals surface area (Å²) in [6, 6.07) is 7.34. The minimum atomic E-state index is -0.156. The van der Waals surface area contributed by atoms with E-state index in [1.165, 1.54) is 0 Å². The molecule has 0 radical (unpaired) electrons. The summed E-state index contributed by atoms with van der Waals surface area (Å²) in [5.41, 5.74) is 0.919. The number of nitrogens with zero attached hydrogens (tertiary/aromatic N) is 1. The van der Waals surface area contributed by atoms with Gasteiger partial charge in [-0.2, -0.15) is 0 Å². The molecule has 5 nitrogen and oxygen atoms in total. The van der Waals surface area contributed by atoms with Crippen LogP contribution in [0.2, 0.25) is 5.02 Å². The highest BCUT2D eigenvalue weighted by molar-refractivity contribution is 6.31. The van der Waals surface area contributed by atoms with Crippen LogP contribution in [-0.2, 0) is 11.3 Å². The number of ether oxygens (including phenoxy) is 1. The SMILES string of the molecule is O=C(NCCCN1CCOCC1)NCc1ccccc1Cl. The lowest BCUT2D eigenvalue weighted by Crippen LogP contribution is -2.39. The molecule has 6 heteroatoms. The molecule has 1 fully saturated rings. The Bertz CT molecular complexity index is 450. The highest BCUT2D eigenvalue weighted by Crippen LogP contribution is 2.14. The van der Waals surface area contributed by atoms with Gasteiger partial charge in [-0.3, -0.25) is 4.90 Å². The molecule has 0 bridgehead atoms. The molecule has 0 aromatic heterocycles. The van der Waals surface area contributed by atoms with Crippen LogP contribution in [0.15, 0.2) is 24.3 Å². The number of hydrogen-bond acceptors (Lipinski definition) is 3. The number of nitrogens with one attached hydrogen (secondary N) is 2. The van der Waals surface area contributed by atoms with Gasteiger partial charge in [-0.05, 0) is 24.6 Å². The van der Waals surface area contributed by atoms with Gasteiger partial charge >= 0.3 is 6.03 Å². The van der Waals surface area contributed by atoms with E-state index in [0.29, 0.717) is 18.1 Å². The van der Waals surface area contributed by atoms with E-state index in [2.05, 4.69) is 15.5 Å². The smallest absolute Gasteiger partial charge is 0.315 e. The van der Waals surface area contributed by atoms with Gasteiger partial charge < -0.3 is 15.4 Å². The molecule has 0 spiro atoms. The van der Waals surface area contributed by atoms with E-state index in [1.54, 1.807) is 0 Å². The van der Waals surface area contributed by atoms with Crippen molar-refractivity contribution in [2.75, 3.05) is 39.4 Å². The monoisotopic (exact) mass is 311 g/mol. The summed E-state index contributed by atoms with van der Waals surface area (Å²) in [5, 5.41) is 6.34. The lowest BCUT2D eigenvalue weighted by Gasteiger charge is -2.26. The van der Waals surface area contributed by atoms with E-state index in [4.69, 9.17) is 16.3 Å². The number of benzene rings is 1. The maximum absolute atomic E-state index is 11.7. The molecule has 0 aliphatic carbocycles. The quantitative estimate of drug-likeness (QED) is 0.789. The summed E-state index contributed by atoms with van der Waals surface area (Å²) >= 11 is 6.03. The van der Waals surface area contributed by atoms with Gasteiger partial charge in [0.05, 0.1) is 13.2 Å². The zero-order valence-corrected chi connectivity index (χ0v) is 12.9. The fraction of sp³-hybridized carbons (Fsp3) is 0.533. The predicted octanol–water partition coefficient (Wildman–Crippen LogP) is 1.86. The molecule has 1 aromatic carbocycles. The summed E-state index contributed by atoms with van der Waals surface area (Å²) < 4.78 is 5.30. The van der Waals surface area contributed by atoms with Crippen molar-refractivity contribution < 1.29 is 9.53 Å². The first-order chi connectivity index (χ1) is 10.3. The Balaban J connectivity index is 1.56. The van der Waals surface area contributed by atoms with Crippen molar-refractivity contribution in [3.8, 4) is 0 Å². The minimum Gasteiger partial charge on any atom is -0.379 e. The first-order valence-corrected chi connectivity index (χ1v) is 7.69. The molecule has 0 atom stereocenters. The van der Waals surface area contributed by atoms with Crippen LogP contribution >= 0.6 is 11.6 Å². The van der Waals surface area contributed by atoms with Crippen molar-refractivity contribution in [3.63, 3.8) is 0 Å². The highest BCUT2D eigenvalue weighted by atomic mass is 35.5. The van der Waals surface area contributed by atoms with Gasteiger partial charge in [-0.1, -0.05) is 29.8 Å². The summed E-state index contributed by atoms with van der Waals surface area (Å²) in [5.74, 6) is 0. The van der Waals surface area contributed by atoms with Crippen LogP contribution in [-0.4, -0.2) is 50.3 Å². The molecular formula is C15H22ClN3O2. The Morgan fingerprint density at radius 1 is 1.24 bits per heavy atom. The van der Waals surface area contributed by atoms with Crippen molar-refractivity contribution >= 4 is 17.6 Å². The molecule has 0 unspecified atom stereocenters. The average Bonchev–Trinajstić information content (AvgIpc) is 2.52. The standard InChI is InChI=1S/C15H22ClN3O2/c16-14-5-2-1-4-13(14)12-18-15(20)17-6-3-7-19-8-10-21-11-9-19/h1-2,4-5H,3,6-12H2,(H2,17,18,20). The van der Waals surface area contributed by atoms with Gasteiger partial charge in [0, 0.05) is 31.2 Å². The first kappa shape index (κ1) is 16.1. The molecule has 1 aliphatic rings. The fourth-order valence-corrected chi connectivity index (χ4v) is 2.41. The topological polar surface area (TPSA) is 53.6 Å². The van der Waals surface area contributed by atoms with Crippen molar-refractivity contribution in [3.05, 3.63) is 34.9 Å². The zero-order valence-electron chi connectivity index (χ0n) is 12.1. The maximum atomic E-state index is 11.7. The molecule has 2 N–H and O–H groups in total. The second-order valence-corrected chi connectivity index (χ2v) is 5.42. The zero-order chi connectivity index (χ0) is 14.9. The average molecular weight is 312 g/mol. The minimum absolute atomic E-state index is 0.156. The summed E-state index contributed by atoms with van der Waals surface area (Å²) in [7, 11) is 0. The van der Waals surface area contributed by atoms with Crippen LogP contribution in [0.3, 0.4) is 0 Å². The van der Waals surface area contributed by atoms with E-state index in [9.17, 15) is 4.79 Å². The van der Waals surface area contributed by atoms with Gasteiger partial charge in [-0.15, -0.1) is 0 Å². The number of halogens is 1. The van der Waals surface area contributed by atoms with Crippen LogP contribution in [0.4, 0.5) is 4.79 Å². The van der Waals surface area contributed by atoms with Crippen molar-refractivity contribution in [1.29, 1.82) is 0 Å². The molecule has 2 rings (SSSR count). The molecule has 1 aliphatic heterocycles. The third kappa shape index (κ3) is 5.91. The summed E-state index contributed by atoms with van der Waals surface area (Å²) in [6.07, 6.45) is 0.944. The Kier molecular flexibility index (Phi) is 6.79. The normalized spacial score (nSPS) is 15.7. The van der Waals surface area contributed by atoms with E-state index < -0.39 is 0 Å². The van der Waals surface area contributed by atoms with Gasteiger partial charge in [0.25, 0.3) is 0 Å². The summed E-state index contributed by atoms with van der Waals surface area (Å²) in [4.78, 5) is 14.0. The number of carbonyl (C=O) groups excluding carboxylic acids is 1. The third-order valence-electron chi connectivity index (χ3n) is 3.44. The largest absolute Gasteiger partial charge is 0.379 e. The highest BCUT2D eigenvalue weighted by Gasteiger charge is 2.09. The summed E-state index contributed by atoms with van der Waals surface area (Å²) in [6.45, 7) is 5.70. The first-order valence-electron chi connectivity index (χ1n) is 7.31. The molecule has 21 heavy (non-hydrogen) atoms.